The zero-order chi connectivity index (χ0) is 24.0. The van der Waals surface area contributed by atoms with E-state index in [4.69, 9.17) is 4.74 Å². The second kappa shape index (κ2) is 8.98. The number of piperidine rings is 1. The Balaban J connectivity index is 1.11. The Labute approximate surface area is 205 Å². The first-order valence-corrected chi connectivity index (χ1v) is 12.9. The normalized spacial score (nSPS) is 26.9. The molecule has 1 saturated heterocycles. The molecule has 2 aliphatic carbocycles. The van der Waals surface area contributed by atoms with Crippen molar-refractivity contribution >= 4 is 16.7 Å². The van der Waals surface area contributed by atoms with Gasteiger partial charge in [-0.1, -0.05) is 12.1 Å². The molecule has 6 rings (SSSR count). The minimum absolute atomic E-state index is 0.113. The number of fused-ring (bicyclic) bond motifs is 1. The van der Waals surface area contributed by atoms with Crippen LogP contribution in [-0.4, -0.2) is 34.9 Å². The number of nitrogens with one attached hydrogen (secondary N) is 1. The molecule has 1 aliphatic heterocycles. The van der Waals surface area contributed by atoms with Crippen molar-refractivity contribution < 1.29 is 13.9 Å². The lowest BCUT2D eigenvalue weighted by Gasteiger charge is -2.46. The van der Waals surface area contributed by atoms with Crippen molar-refractivity contribution in [1.82, 2.24) is 15.3 Å². The molecule has 1 aromatic carbocycles. The smallest absolute Gasteiger partial charge is 0.150 e. The molecular weight excluding hydrogens is 441 g/mol. The molecule has 0 amide bonds. The molecule has 3 heterocycles. The standard InChI is InChI=1S/C29H32FN3O2/c1-35-23-11-21-5-4-20(13-26(21)32-16-23)22-12-25(30)27(31-15-22)10-18-6-8-29(9-7-18)14-24(19-2-3-19)28(34)17-33-29/h4-5,11-13,15-16,18-19,24,33H,2-3,6-10,14,17H2,1H3. The van der Waals surface area contributed by atoms with Crippen LogP contribution in [0.15, 0.2) is 42.7 Å². The van der Waals surface area contributed by atoms with E-state index in [2.05, 4.69) is 15.3 Å². The fourth-order valence-corrected chi connectivity index (χ4v) is 6.20. The van der Waals surface area contributed by atoms with Gasteiger partial charge in [0.25, 0.3) is 0 Å². The van der Waals surface area contributed by atoms with E-state index < -0.39 is 0 Å². The van der Waals surface area contributed by atoms with Crippen LogP contribution in [0.2, 0.25) is 0 Å². The number of aromatic nitrogens is 2. The van der Waals surface area contributed by atoms with Gasteiger partial charge in [-0.3, -0.25) is 14.8 Å². The molecule has 1 unspecified atom stereocenters. The van der Waals surface area contributed by atoms with Crippen LogP contribution in [-0.2, 0) is 11.2 Å². The first-order chi connectivity index (χ1) is 17.0. The summed E-state index contributed by atoms with van der Waals surface area (Å²) in [4.78, 5) is 21.3. The van der Waals surface area contributed by atoms with E-state index in [1.54, 1.807) is 25.6 Å². The summed E-state index contributed by atoms with van der Waals surface area (Å²) >= 11 is 0. The van der Waals surface area contributed by atoms with E-state index in [0.29, 0.717) is 42.0 Å². The first kappa shape index (κ1) is 22.6. The number of halogens is 1. The lowest BCUT2D eigenvalue weighted by molar-refractivity contribution is -0.126. The van der Waals surface area contributed by atoms with Crippen LogP contribution in [0.5, 0.6) is 5.75 Å². The molecule has 1 N–H and O–H groups in total. The molecule has 2 aromatic heterocycles. The number of hydrogen-bond acceptors (Lipinski definition) is 5. The molecule has 3 aromatic rings. The van der Waals surface area contributed by atoms with Crippen LogP contribution in [0.4, 0.5) is 4.39 Å². The second-order valence-electron chi connectivity index (χ2n) is 10.8. The second-order valence-corrected chi connectivity index (χ2v) is 10.8. The first-order valence-electron chi connectivity index (χ1n) is 12.9. The van der Waals surface area contributed by atoms with Gasteiger partial charge < -0.3 is 10.1 Å². The van der Waals surface area contributed by atoms with Crippen LogP contribution in [0.1, 0.15) is 50.6 Å². The predicted octanol–water partition coefficient (Wildman–Crippen LogP) is 5.50. The summed E-state index contributed by atoms with van der Waals surface area (Å²) in [6.07, 6.45) is 11.8. The van der Waals surface area contributed by atoms with E-state index in [0.717, 1.165) is 54.1 Å². The van der Waals surface area contributed by atoms with Crippen molar-refractivity contribution in [2.75, 3.05) is 13.7 Å². The largest absolute Gasteiger partial charge is 0.495 e. The maximum absolute atomic E-state index is 15.1. The monoisotopic (exact) mass is 473 g/mol. The Hall–Kier alpha value is -2.86. The molecule has 0 bridgehead atoms. The number of pyridine rings is 2. The summed E-state index contributed by atoms with van der Waals surface area (Å²) in [5.74, 6) is 2.23. The fourth-order valence-electron chi connectivity index (χ4n) is 6.20. The number of hydrogen-bond donors (Lipinski definition) is 1. The molecule has 182 valence electrons. The number of Topliss-reactive ketones (excluding diaryl/α,β-unsaturated/α-hetero) is 1. The molecule has 3 aliphatic rings. The molecule has 1 spiro atoms. The van der Waals surface area contributed by atoms with E-state index in [1.165, 1.54) is 12.8 Å². The van der Waals surface area contributed by atoms with Gasteiger partial charge in [-0.05, 0) is 87.0 Å². The quantitative estimate of drug-likeness (QED) is 0.530. The zero-order valence-corrected chi connectivity index (χ0v) is 20.2. The van der Waals surface area contributed by atoms with Gasteiger partial charge in [0.1, 0.15) is 17.3 Å². The van der Waals surface area contributed by atoms with Gasteiger partial charge in [0.15, 0.2) is 0 Å². The predicted molar refractivity (Wildman–Crippen MR) is 134 cm³/mol. The highest BCUT2D eigenvalue weighted by atomic mass is 19.1. The molecule has 0 radical (unpaired) electrons. The van der Waals surface area contributed by atoms with Crippen LogP contribution in [0.3, 0.4) is 0 Å². The van der Waals surface area contributed by atoms with Crippen LogP contribution in [0.25, 0.3) is 22.0 Å². The Morgan fingerprint density at radius 3 is 2.63 bits per heavy atom. The Morgan fingerprint density at radius 2 is 1.89 bits per heavy atom. The lowest BCUT2D eigenvalue weighted by atomic mass is 9.68. The van der Waals surface area contributed by atoms with Crippen LogP contribution >= 0.6 is 0 Å². The lowest BCUT2D eigenvalue weighted by Crippen LogP contribution is -2.56. The molecule has 1 atom stereocenters. The van der Waals surface area contributed by atoms with Crippen LogP contribution < -0.4 is 10.1 Å². The molecule has 6 heteroatoms. The molecule has 5 nitrogen and oxygen atoms in total. The van der Waals surface area contributed by atoms with E-state index in [9.17, 15) is 4.79 Å². The fraction of sp³-hybridized carbons (Fsp3) is 0.483. The van der Waals surface area contributed by atoms with Gasteiger partial charge in [-0.2, -0.15) is 0 Å². The third kappa shape index (κ3) is 4.56. The molecule has 35 heavy (non-hydrogen) atoms. The van der Waals surface area contributed by atoms with Gasteiger partial charge >= 0.3 is 0 Å². The van der Waals surface area contributed by atoms with Crippen molar-refractivity contribution in [2.24, 2.45) is 17.8 Å². The average molecular weight is 474 g/mol. The Kier molecular flexibility index (Phi) is 5.79. The van der Waals surface area contributed by atoms with Crippen molar-refractivity contribution in [2.45, 2.75) is 56.9 Å². The van der Waals surface area contributed by atoms with Crippen molar-refractivity contribution in [3.63, 3.8) is 0 Å². The number of carbonyl (C=O) groups is 1. The third-order valence-electron chi connectivity index (χ3n) is 8.54. The zero-order valence-electron chi connectivity index (χ0n) is 20.2. The summed E-state index contributed by atoms with van der Waals surface area (Å²) in [5.41, 5.74) is 3.17. The van der Waals surface area contributed by atoms with Gasteiger partial charge in [0.2, 0.25) is 0 Å². The minimum atomic E-state index is -0.235. The number of methoxy groups -OCH3 is 1. The highest BCUT2D eigenvalue weighted by Gasteiger charge is 2.47. The SMILES string of the molecule is COc1cnc2cc(-c3cnc(CC4CCC5(CC4)CC(C4CC4)C(=O)CN5)c(F)c3)ccc2c1. The number of benzene rings is 1. The van der Waals surface area contributed by atoms with Gasteiger partial charge in [0, 0.05) is 28.6 Å². The van der Waals surface area contributed by atoms with Crippen molar-refractivity contribution in [1.29, 1.82) is 0 Å². The van der Waals surface area contributed by atoms with Crippen molar-refractivity contribution in [3.8, 4) is 16.9 Å². The Morgan fingerprint density at radius 1 is 1.06 bits per heavy atom. The summed E-state index contributed by atoms with van der Waals surface area (Å²) in [6.45, 7) is 0.529. The highest BCUT2D eigenvalue weighted by Crippen LogP contribution is 2.46. The third-order valence-corrected chi connectivity index (χ3v) is 8.54. The molecule has 2 saturated carbocycles. The van der Waals surface area contributed by atoms with E-state index in [-0.39, 0.29) is 17.3 Å². The minimum Gasteiger partial charge on any atom is -0.495 e. The Bertz CT molecular complexity index is 1260. The number of rotatable bonds is 5. The number of ketones is 1. The summed E-state index contributed by atoms with van der Waals surface area (Å²) in [5, 5.41) is 4.57. The maximum Gasteiger partial charge on any atom is 0.150 e. The van der Waals surface area contributed by atoms with E-state index in [1.807, 2.05) is 24.3 Å². The van der Waals surface area contributed by atoms with Gasteiger partial charge in [-0.25, -0.2) is 4.39 Å². The summed E-state index contributed by atoms with van der Waals surface area (Å²) in [6, 6.07) is 9.45. The van der Waals surface area contributed by atoms with Crippen molar-refractivity contribution in [3.05, 3.63) is 54.2 Å². The molecular formula is C29H32FN3O2. The summed E-state index contributed by atoms with van der Waals surface area (Å²) in [7, 11) is 1.62. The maximum atomic E-state index is 15.1. The van der Waals surface area contributed by atoms with Gasteiger partial charge in [0.05, 0.1) is 31.1 Å². The number of nitrogens with zero attached hydrogens (tertiary/aromatic N) is 2. The van der Waals surface area contributed by atoms with Gasteiger partial charge in [-0.15, -0.1) is 0 Å². The summed E-state index contributed by atoms with van der Waals surface area (Å²) < 4.78 is 20.3. The molecule has 3 fully saturated rings. The number of ether oxygens (including phenoxy) is 1. The number of carbonyl (C=O) groups excluding carboxylic acids is 1. The van der Waals surface area contributed by atoms with E-state index >= 15 is 4.39 Å². The van der Waals surface area contributed by atoms with Crippen LogP contribution in [0, 0.1) is 23.6 Å². The average Bonchev–Trinajstić information content (AvgIpc) is 3.73. The topological polar surface area (TPSA) is 64.1 Å². The highest BCUT2D eigenvalue weighted by molar-refractivity contribution is 5.85.